The van der Waals surface area contributed by atoms with E-state index >= 15 is 0 Å². The number of nitrogens with zero attached hydrogens (tertiary/aromatic N) is 3. The summed E-state index contributed by atoms with van der Waals surface area (Å²) in [4.78, 5) is 6.40. The van der Waals surface area contributed by atoms with Gasteiger partial charge in [-0.2, -0.15) is 5.10 Å². The number of nitrogens with one attached hydrogen (secondary N) is 1. The lowest BCUT2D eigenvalue weighted by Gasteiger charge is -2.30. The minimum absolute atomic E-state index is 0.739. The fraction of sp³-hybridized carbons (Fsp3) is 0.176. The smallest absolute Gasteiger partial charge is 0.145 e. The molecule has 4 rings (SSSR count). The van der Waals surface area contributed by atoms with E-state index in [1.807, 2.05) is 24.4 Å². The number of hydrogen-bond acceptors (Lipinski definition) is 4. The molecule has 0 atom stereocenters. The van der Waals surface area contributed by atoms with Gasteiger partial charge < -0.3 is 9.64 Å². The third-order valence-electron chi connectivity index (χ3n) is 3.91. The Morgan fingerprint density at radius 3 is 3.00 bits per heavy atom. The quantitative estimate of drug-likeness (QED) is 0.801. The second-order valence-corrected chi connectivity index (χ2v) is 5.25. The summed E-state index contributed by atoms with van der Waals surface area (Å²) < 4.78 is 5.89. The van der Waals surface area contributed by atoms with Crippen molar-refractivity contribution in [3.05, 3.63) is 54.5 Å². The molecule has 3 heterocycles. The Hall–Kier alpha value is -2.82. The molecular formula is C17H16N4O. The SMILES string of the molecule is CCN1Cc2cn[nH]c2-c2ccc(Oc3cccnc3)cc21. The number of pyridine rings is 1. The van der Waals surface area contributed by atoms with Gasteiger partial charge in [0, 0.05) is 36.5 Å². The van der Waals surface area contributed by atoms with Gasteiger partial charge in [-0.3, -0.25) is 10.1 Å². The highest BCUT2D eigenvalue weighted by Crippen LogP contribution is 2.40. The van der Waals surface area contributed by atoms with E-state index in [9.17, 15) is 0 Å². The molecule has 0 fully saturated rings. The summed E-state index contributed by atoms with van der Waals surface area (Å²) >= 11 is 0. The summed E-state index contributed by atoms with van der Waals surface area (Å²) in [5.74, 6) is 1.55. The molecule has 0 aliphatic carbocycles. The Kier molecular flexibility index (Phi) is 3.04. The molecule has 0 saturated carbocycles. The summed E-state index contributed by atoms with van der Waals surface area (Å²) in [6.45, 7) is 3.96. The lowest BCUT2D eigenvalue weighted by molar-refractivity contribution is 0.480. The van der Waals surface area contributed by atoms with Gasteiger partial charge in [-0.1, -0.05) is 0 Å². The Labute approximate surface area is 128 Å². The molecule has 3 aromatic rings. The van der Waals surface area contributed by atoms with E-state index in [0.29, 0.717) is 0 Å². The maximum absolute atomic E-state index is 5.89. The van der Waals surface area contributed by atoms with Gasteiger partial charge in [0.15, 0.2) is 0 Å². The van der Waals surface area contributed by atoms with Gasteiger partial charge in [-0.25, -0.2) is 0 Å². The van der Waals surface area contributed by atoms with Gasteiger partial charge in [0.1, 0.15) is 11.5 Å². The number of benzene rings is 1. The zero-order chi connectivity index (χ0) is 14.9. The standard InChI is InChI=1S/C17H16N4O/c1-2-21-11-12-9-19-20-17(12)15-6-5-13(8-16(15)21)22-14-4-3-7-18-10-14/h3-10H,2,11H2,1H3,(H,19,20). The molecule has 0 radical (unpaired) electrons. The fourth-order valence-electron chi connectivity index (χ4n) is 2.83. The third kappa shape index (κ3) is 2.11. The van der Waals surface area contributed by atoms with E-state index in [1.54, 1.807) is 12.4 Å². The first-order chi connectivity index (χ1) is 10.8. The van der Waals surface area contributed by atoms with Crippen LogP contribution in [0.1, 0.15) is 12.5 Å². The number of aromatic nitrogens is 3. The first-order valence-electron chi connectivity index (χ1n) is 7.34. The zero-order valence-corrected chi connectivity index (χ0v) is 12.3. The van der Waals surface area contributed by atoms with Crippen molar-refractivity contribution in [3.63, 3.8) is 0 Å². The van der Waals surface area contributed by atoms with Crippen molar-refractivity contribution in [2.24, 2.45) is 0 Å². The summed E-state index contributed by atoms with van der Waals surface area (Å²) in [6.07, 6.45) is 5.35. The number of rotatable bonds is 3. The summed E-state index contributed by atoms with van der Waals surface area (Å²) in [7, 11) is 0. The highest BCUT2D eigenvalue weighted by Gasteiger charge is 2.23. The van der Waals surface area contributed by atoms with Crippen LogP contribution in [0.4, 0.5) is 5.69 Å². The highest BCUT2D eigenvalue weighted by atomic mass is 16.5. The van der Waals surface area contributed by atoms with E-state index in [4.69, 9.17) is 4.74 Å². The van der Waals surface area contributed by atoms with Gasteiger partial charge in [0.05, 0.1) is 23.8 Å². The number of aromatic amines is 1. The third-order valence-corrected chi connectivity index (χ3v) is 3.91. The van der Waals surface area contributed by atoms with Crippen LogP contribution >= 0.6 is 0 Å². The van der Waals surface area contributed by atoms with Crippen molar-refractivity contribution >= 4 is 5.69 Å². The number of H-pyrrole nitrogens is 1. The average molecular weight is 292 g/mol. The highest BCUT2D eigenvalue weighted by molar-refractivity contribution is 5.82. The van der Waals surface area contributed by atoms with Crippen molar-refractivity contribution in [3.8, 4) is 22.8 Å². The van der Waals surface area contributed by atoms with Crippen LogP contribution in [0.15, 0.2) is 48.9 Å². The molecule has 0 saturated heterocycles. The molecule has 2 aromatic heterocycles. The van der Waals surface area contributed by atoms with Gasteiger partial charge in [-0.15, -0.1) is 0 Å². The van der Waals surface area contributed by atoms with E-state index in [-0.39, 0.29) is 0 Å². The Balaban J connectivity index is 1.74. The van der Waals surface area contributed by atoms with E-state index in [0.717, 1.165) is 30.3 Å². The van der Waals surface area contributed by atoms with Crippen molar-refractivity contribution < 1.29 is 4.74 Å². The molecule has 1 aromatic carbocycles. The van der Waals surface area contributed by atoms with Crippen LogP contribution in [-0.2, 0) is 6.54 Å². The van der Waals surface area contributed by atoms with Crippen LogP contribution in [0.25, 0.3) is 11.3 Å². The van der Waals surface area contributed by atoms with Crippen LogP contribution in [0, 0.1) is 0 Å². The predicted molar refractivity (Wildman–Crippen MR) is 85.1 cm³/mol. The molecule has 0 amide bonds. The first-order valence-corrected chi connectivity index (χ1v) is 7.34. The van der Waals surface area contributed by atoms with Crippen molar-refractivity contribution in [2.45, 2.75) is 13.5 Å². The molecule has 1 aliphatic rings. The lowest BCUT2D eigenvalue weighted by Crippen LogP contribution is -2.25. The summed E-state index contributed by atoms with van der Waals surface area (Å²) in [6, 6.07) is 9.91. The first kappa shape index (κ1) is 12.9. The second kappa shape index (κ2) is 5.18. The zero-order valence-electron chi connectivity index (χ0n) is 12.3. The Morgan fingerprint density at radius 2 is 2.18 bits per heavy atom. The Bertz CT molecular complexity index is 797. The number of hydrogen-bond donors (Lipinski definition) is 1. The van der Waals surface area contributed by atoms with Crippen LogP contribution in [0.2, 0.25) is 0 Å². The molecule has 110 valence electrons. The van der Waals surface area contributed by atoms with Crippen molar-refractivity contribution in [2.75, 3.05) is 11.4 Å². The normalized spacial score (nSPS) is 12.7. The van der Waals surface area contributed by atoms with Crippen LogP contribution in [-0.4, -0.2) is 21.7 Å². The van der Waals surface area contributed by atoms with Crippen molar-refractivity contribution in [1.82, 2.24) is 15.2 Å². The van der Waals surface area contributed by atoms with E-state index in [2.05, 4.69) is 39.1 Å². The van der Waals surface area contributed by atoms with Gasteiger partial charge in [-0.05, 0) is 31.2 Å². The number of fused-ring (bicyclic) bond motifs is 3. The van der Waals surface area contributed by atoms with Crippen LogP contribution in [0.5, 0.6) is 11.5 Å². The number of anilines is 1. The molecule has 1 N–H and O–H groups in total. The fourth-order valence-corrected chi connectivity index (χ4v) is 2.83. The lowest BCUT2D eigenvalue weighted by atomic mass is 10.00. The predicted octanol–water partition coefficient (Wildman–Crippen LogP) is 3.60. The summed E-state index contributed by atoms with van der Waals surface area (Å²) in [5.41, 5.74) is 4.67. The molecule has 0 spiro atoms. The molecule has 0 unspecified atom stereocenters. The number of ether oxygens (including phenoxy) is 1. The molecule has 1 aliphatic heterocycles. The average Bonchev–Trinajstić information content (AvgIpc) is 3.03. The topological polar surface area (TPSA) is 54.0 Å². The monoisotopic (exact) mass is 292 g/mol. The van der Waals surface area contributed by atoms with Gasteiger partial charge >= 0.3 is 0 Å². The maximum atomic E-state index is 5.89. The van der Waals surface area contributed by atoms with Crippen LogP contribution < -0.4 is 9.64 Å². The van der Waals surface area contributed by atoms with Crippen LogP contribution in [0.3, 0.4) is 0 Å². The van der Waals surface area contributed by atoms with E-state index < -0.39 is 0 Å². The molecule has 0 bridgehead atoms. The molecule has 5 nitrogen and oxygen atoms in total. The van der Waals surface area contributed by atoms with Crippen molar-refractivity contribution in [1.29, 1.82) is 0 Å². The maximum Gasteiger partial charge on any atom is 0.145 e. The van der Waals surface area contributed by atoms with Gasteiger partial charge in [0.2, 0.25) is 0 Å². The van der Waals surface area contributed by atoms with Gasteiger partial charge in [0.25, 0.3) is 0 Å². The summed E-state index contributed by atoms with van der Waals surface area (Å²) in [5, 5.41) is 7.27. The minimum Gasteiger partial charge on any atom is -0.456 e. The molecule has 22 heavy (non-hydrogen) atoms. The molecular weight excluding hydrogens is 276 g/mol. The second-order valence-electron chi connectivity index (χ2n) is 5.25. The Morgan fingerprint density at radius 1 is 1.23 bits per heavy atom. The molecule has 5 heteroatoms. The largest absolute Gasteiger partial charge is 0.456 e. The minimum atomic E-state index is 0.739. The van der Waals surface area contributed by atoms with E-state index in [1.165, 1.54) is 16.8 Å².